The van der Waals surface area contributed by atoms with Crippen LogP contribution in [0, 0.1) is 44.4 Å². The Labute approximate surface area is 320 Å². The van der Waals surface area contributed by atoms with Crippen molar-refractivity contribution in [1.82, 2.24) is 4.57 Å². The standard InChI is InChI=1S/C50H44N4/c1-7-9-21-48-36(4)37(5)49(32-42(16-8-2)41-24-22-40(23-25-41)39-19-14-11-15-20-39)54(48)47-30-45(43-26-27-44(33-51)35(3)28-43)29-46(31-47)50(52-6)53-34-38-17-12-10-13-18-38/h2,9-15,17-32H,6-7,16,34H2,1,3-5H3/b21-9-,42-32+,53-50?. The van der Waals surface area contributed by atoms with E-state index >= 15 is 0 Å². The molecule has 6 aromatic rings. The minimum absolute atomic E-state index is 0.473. The number of aromatic nitrogens is 1. The number of hydrogen-bond donors (Lipinski definition) is 0. The highest BCUT2D eigenvalue weighted by Gasteiger charge is 2.19. The first kappa shape index (κ1) is 37.0. The van der Waals surface area contributed by atoms with Crippen LogP contribution in [0.25, 0.3) is 45.7 Å². The Bertz CT molecular complexity index is 2460. The second-order valence-corrected chi connectivity index (χ2v) is 13.4. The monoisotopic (exact) mass is 700 g/mol. The average Bonchev–Trinajstić information content (AvgIpc) is 3.44. The molecule has 0 unspecified atom stereocenters. The molecule has 0 saturated carbocycles. The number of allylic oxidation sites excluding steroid dienone is 2. The van der Waals surface area contributed by atoms with Gasteiger partial charge < -0.3 is 4.57 Å². The molecule has 0 aliphatic heterocycles. The molecule has 0 bridgehead atoms. The summed E-state index contributed by atoms with van der Waals surface area (Å²) in [6, 6.07) is 43.9. The van der Waals surface area contributed by atoms with Crippen LogP contribution in [-0.4, -0.2) is 17.1 Å². The number of aryl methyl sites for hydroxylation is 1. The van der Waals surface area contributed by atoms with Gasteiger partial charge in [-0.1, -0.05) is 110 Å². The van der Waals surface area contributed by atoms with E-state index in [1.54, 1.807) is 0 Å². The summed E-state index contributed by atoms with van der Waals surface area (Å²) in [6.45, 7) is 12.9. The Balaban J connectivity index is 1.58. The zero-order valence-corrected chi connectivity index (χ0v) is 31.5. The summed E-state index contributed by atoms with van der Waals surface area (Å²) in [6.07, 6.45) is 14.1. The van der Waals surface area contributed by atoms with Gasteiger partial charge in [0.05, 0.1) is 18.2 Å². The highest BCUT2D eigenvalue weighted by molar-refractivity contribution is 6.03. The number of nitriles is 1. The lowest BCUT2D eigenvalue weighted by Gasteiger charge is -2.17. The maximum absolute atomic E-state index is 9.68. The fourth-order valence-corrected chi connectivity index (χ4v) is 6.74. The van der Waals surface area contributed by atoms with Crippen LogP contribution in [0.2, 0.25) is 0 Å². The van der Waals surface area contributed by atoms with E-state index in [-0.39, 0.29) is 0 Å². The van der Waals surface area contributed by atoms with Crippen molar-refractivity contribution in [1.29, 1.82) is 5.26 Å². The van der Waals surface area contributed by atoms with Crippen molar-refractivity contribution in [2.24, 2.45) is 9.98 Å². The molecule has 5 aromatic carbocycles. The van der Waals surface area contributed by atoms with Crippen molar-refractivity contribution in [2.75, 3.05) is 0 Å². The molecule has 54 heavy (non-hydrogen) atoms. The van der Waals surface area contributed by atoms with E-state index in [9.17, 15) is 5.26 Å². The van der Waals surface area contributed by atoms with Crippen LogP contribution in [0.5, 0.6) is 0 Å². The van der Waals surface area contributed by atoms with Gasteiger partial charge in [0.1, 0.15) is 0 Å². The Morgan fingerprint density at radius 2 is 1.43 bits per heavy atom. The van der Waals surface area contributed by atoms with E-state index in [2.05, 4.69) is 152 Å². The minimum Gasteiger partial charge on any atom is -0.310 e. The summed E-state index contributed by atoms with van der Waals surface area (Å²) in [4.78, 5) is 9.39. The first-order chi connectivity index (χ1) is 26.3. The Morgan fingerprint density at radius 3 is 2.07 bits per heavy atom. The smallest absolute Gasteiger partial charge is 0.154 e. The Kier molecular flexibility index (Phi) is 11.8. The third kappa shape index (κ3) is 8.15. The highest BCUT2D eigenvalue weighted by atomic mass is 15.0. The summed E-state index contributed by atoms with van der Waals surface area (Å²) in [5.41, 5.74) is 15.4. The van der Waals surface area contributed by atoms with Crippen LogP contribution in [0.15, 0.2) is 137 Å². The van der Waals surface area contributed by atoms with Gasteiger partial charge in [-0.25, -0.2) is 4.99 Å². The summed E-state index contributed by atoms with van der Waals surface area (Å²) < 4.78 is 2.33. The largest absolute Gasteiger partial charge is 0.310 e. The predicted octanol–water partition coefficient (Wildman–Crippen LogP) is 12.2. The van der Waals surface area contributed by atoms with Crippen molar-refractivity contribution in [3.8, 4) is 46.4 Å². The fraction of sp³-hybridized carbons (Fsp3) is 0.140. The zero-order valence-electron chi connectivity index (χ0n) is 31.5. The van der Waals surface area contributed by atoms with E-state index in [1.807, 2.05) is 43.3 Å². The lowest BCUT2D eigenvalue weighted by molar-refractivity contribution is 1.03. The molecule has 1 heterocycles. The average molecular weight is 701 g/mol. The molecule has 0 saturated heterocycles. The van der Waals surface area contributed by atoms with Gasteiger partial charge in [0.25, 0.3) is 0 Å². The predicted molar refractivity (Wildman–Crippen MR) is 229 cm³/mol. The number of rotatable bonds is 11. The first-order valence-corrected chi connectivity index (χ1v) is 18.3. The van der Waals surface area contributed by atoms with E-state index in [0.717, 1.165) is 68.0 Å². The number of terminal acetylenes is 1. The normalized spacial score (nSPS) is 11.7. The van der Waals surface area contributed by atoms with E-state index < -0.39 is 0 Å². The van der Waals surface area contributed by atoms with Crippen molar-refractivity contribution in [2.45, 2.75) is 47.1 Å². The molecule has 0 spiro atoms. The van der Waals surface area contributed by atoms with Gasteiger partial charge in [-0.2, -0.15) is 5.26 Å². The Hall–Kier alpha value is -6.75. The molecule has 0 radical (unpaired) electrons. The van der Waals surface area contributed by atoms with Gasteiger partial charge in [-0.3, -0.25) is 4.99 Å². The lowest BCUT2D eigenvalue weighted by Crippen LogP contribution is -2.05. The number of benzene rings is 5. The third-order valence-corrected chi connectivity index (χ3v) is 9.81. The van der Waals surface area contributed by atoms with Gasteiger partial charge in [-0.15, -0.1) is 12.3 Å². The molecule has 4 heteroatoms. The molecule has 0 aliphatic rings. The van der Waals surface area contributed by atoms with Gasteiger partial charge in [0, 0.05) is 29.1 Å². The van der Waals surface area contributed by atoms with E-state index in [1.165, 1.54) is 16.7 Å². The number of nitrogens with zero attached hydrogens (tertiary/aromatic N) is 4. The van der Waals surface area contributed by atoms with Crippen LogP contribution in [0.4, 0.5) is 0 Å². The van der Waals surface area contributed by atoms with Crippen molar-refractivity contribution in [3.05, 3.63) is 178 Å². The third-order valence-electron chi connectivity index (χ3n) is 9.81. The van der Waals surface area contributed by atoms with Crippen molar-refractivity contribution < 1.29 is 0 Å². The second-order valence-electron chi connectivity index (χ2n) is 13.4. The zero-order chi connectivity index (χ0) is 38.0. The number of amidine groups is 1. The molecule has 0 aliphatic carbocycles. The van der Waals surface area contributed by atoms with E-state index in [0.29, 0.717) is 24.4 Å². The topological polar surface area (TPSA) is 53.4 Å². The van der Waals surface area contributed by atoms with Crippen LogP contribution in [0.1, 0.15) is 70.1 Å². The molecule has 264 valence electrons. The highest BCUT2D eigenvalue weighted by Crippen LogP contribution is 2.35. The molecule has 0 atom stereocenters. The quantitative estimate of drug-likeness (QED) is 0.0754. The first-order valence-electron chi connectivity index (χ1n) is 18.3. The summed E-state index contributed by atoms with van der Waals surface area (Å²) in [5.74, 6) is 3.48. The van der Waals surface area contributed by atoms with Crippen LogP contribution in [0.3, 0.4) is 0 Å². The lowest BCUT2D eigenvalue weighted by atomic mass is 9.97. The van der Waals surface area contributed by atoms with Crippen molar-refractivity contribution in [3.63, 3.8) is 0 Å². The summed E-state index contributed by atoms with van der Waals surface area (Å²) in [5, 5.41) is 9.68. The fourth-order valence-electron chi connectivity index (χ4n) is 6.74. The molecule has 6 rings (SSSR count). The molecule has 0 fully saturated rings. The SMILES string of the molecule is C#CC/C(=C\c1c(C)c(C)c(/C=C\CC)n1-c1cc(C(N=C)=NCc2ccccc2)cc(-c2ccc(C#N)c(C)c2)c1)c1ccc(-c2ccccc2)cc1. The van der Waals surface area contributed by atoms with Crippen LogP contribution >= 0.6 is 0 Å². The Morgan fingerprint density at radius 1 is 0.759 bits per heavy atom. The van der Waals surface area contributed by atoms with E-state index in [4.69, 9.17) is 11.4 Å². The second kappa shape index (κ2) is 17.2. The van der Waals surface area contributed by atoms with Crippen molar-refractivity contribution >= 4 is 30.3 Å². The molecule has 0 N–H and O–H groups in total. The van der Waals surface area contributed by atoms with Gasteiger partial charge >= 0.3 is 0 Å². The van der Waals surface area contributed by atoms with Gasteiger partial charge in [0.2, 0.25) is 0 Å². The molecule has 4 nitrogen and oxygen atoms in total. The molecule has 1 aromatic heterocycles. The van der Waals surface area contributed by atoms with Crippen LogP contribution < -0.4 is 0 Å². The molecular weight excluding hydrogens is 657 g/mol. The minimum atomic E-state index is 0.473. The maximum atomic E-state index is 9.68. The summed E-state index contributed by atoms with van der Waals surface area (Å²) >= 11 is 0. The van der Waals surface area contributed by atoms with Crippen LogP contribution in [-0.2, 0) is 6.54 Å². The van der Waals surface area contributed by atoms with Gasteiger partial charge in [-0.05, 0) is 126 Å². The number of aliphatic imine (C=N–C) groups is 2. The summed E-state index contributed by atoms with van der Waals surface area (Å²) in [7, 11) is 0. The molecule has 0 amide bonds. The molecular formula is C50H44N4. The van der Waals surface area contributed by atoms with Gasteiger partial charge in [0.15, 0.2) is 5.84 Å². The number of hydrogen-bond acceptors (Lipinski definition) is 2. The maximum Gasteiger partial charge on any atom is 0.154 e.